The van der Waals surface area contributed by atoms with Crippen molar-refractivity contribution in [1.82, 2.24) is 15.2 Å². The van der Waals surface area contributed by atoms with Gasteiger partial charge in [-0.25, -0.2) is 9.78 Å². The Balaban J connectivity index is 1.11. The molecule has 1 aliphatic carbocycles. The van der Waals surface area contributed by atoms with Crippen molar-refractivity contribution in [3.05, 3.63) is 95.6 Å². The summed E-state index contributed by atoms with van der Waals surface area (Å²) in [5.41, 5.74) is 4.59. The highest BCUT2D eigenvalue weighted by Crippen LogP contribution is 2.52. The number of nitrogens with one attached hydrogen (secondary N) is 1. The molecule has 0 saturated carbocycles. The van der Waals surface area contributed by atoms with Crippen molar-refractivity contribution in [3.8, 4) is 11.1 Å². The van der Waals surface area contributed by atoms with Crippen LogP contribution in [0, 0.1) is 6.92 Å². The van der Waals surface area contributed by atoms with Crippen LogP contribution in [0.5, 0.6) is 0 Å². The van der Waals surface area contributed by atoms with Gasteiger partial charge in [0.2, 0.25) is 0 Å². The van der Waals surface area contributed by atoms with E-state index in [1.54, 1.807) is 0 Å². The molecule has 1 fully saturated rings. The first-order valence-electron chi connectivity index (χ1n) is 14.8. The molecule has 3 aromatic carbocycles. The first-order chi connectivity index (χ1) is 20.7. The van der Waals surface area contributed by atoms with Gasteiger partial charge in [0, 0.05) is 42.7 Å². The van der Waals surface area contributed by atoms with Crippen LogP contribution in [0.1, 0.15) is 36.0 Å². The summed E-state index contributed by atoms with van der Waals surface area (Å²) in [7, 11) is 0. The number of aromatic nitrogens is 1. The number of piperazine rings is 1. The minimum absolute atomic E-state index is 0.473. The highest BCUT2D eigenvalue weighted by Gasteiger charge is 2.46. The van der Waals surface area contributed by atoms with E-state index < -0.39 is 24.4 Å². The molecule has 0 unspecified atom stereocenters. The van der Waals surface area contributed by atoms with Gasteiger partial charge in [0.15, 0.2) is 5.60 Å². The standard InChI is InChI=1S/C34H35F3N4O2/c1-24-22-31(39-30-15-7-4-10-25(24)30)41-20-18-40(19-21-41)17-9-8-16-33(43-32(42)38-23-34(35,36)37)28-13-5-2-11-26(28)27-12-3-6-14-29(27)33/h2-7,10-15,22H,8-9,16-21,23H2,1H3,(H,38,42). The maximum absolute atomic E-state index is 12.8. The van der Waals surface area contributed by atoms with Crippen LogP contribution in [0.15, 0.2) is 78.9 Å². The number of fused-ring (bicyclic) bond motifs is 4. The van der Waals surface area contributed by atoms with Crippen LogP contribution in [0.2, 0.25) is 0 Å². The van der Waals surface area contributed by atoms with E-state index in [-0.39, 0.29) is 0 Å². The van der Waals surface area contributed by atoms with E-state index in [9.17, 15) is 18.0 Å². The number of hydrogen-bond acceptors (Lipinski definition) is 5. The van der Waals surface area contributed by atoms with Gasteiger partial charge >= 0.3 is 12.3 Å². The first kappa shape index (κ1) is 29.0. The van der Waals surface area contributed by atoms with Crippen molar-refractivity contribution >= 4 is 22.8 Å². The smallest absolute Gasteiger partial charge is 0.408 e. The third-order valence-electron chi connectivity index (χ3n) is 8.57. The minimum atomic E-state index is -4.52. The number of unbranched alkanes of at least 4 members (excludes halogenated alkanes) is 1. The number of benzene rings is 3. The molecule has 0 spiro atoms. The zero-order chi connectivity index (χ0) is 30.0. The topological polar surface area (TPSA) is 57.7 Å². The molecule has 224 valence electrons. The molecule has 9 heteroatoms. The minimum Gasteiger partial charge on any atom is -0.433 e. The van der Waals surface area contributed by atoms with Crippen LogP contribution in [0.4, 0.5) is 23.8 Å². The Bertz CT molecular complexity index is 1570. The Labute approximate surface area is 249 Å². The number of carbonyl (C=O) groups excluding carboxylic acids is 1. The second kappa shape index (κ2) is 11.9. The lowest BCUT2D eigenvalue weighted by atomic mass is 9.86. The van der Waals surface area contributed by atoms with E-state index in [2.05, 4.69) is 34.9 Å². The SMILES string of the molecule is Cc1cc(N2CCN(CCCCC3(OC(=O)NCC(F)(F)F)c4ccccc4-c4ccccc43)CC2)nc2ccccc12. The van der Waals surface area contributed by atoms with E-state index in [4.69, 9.17) is 9.72 Å². The number of alkyl carbamates (subject to hydrolysis) is 1. The van der Waals surface area contributed by atoms with E-state index in [0.717, 1.165) is 79.2 Å². The molecule has 2 aliphatic rings. The second-order valence-electron chi connectivity index (χ2n) is 11.4. The van der Waals surface area contributed by atoms with Crippen LogP contribution in [-0.4, -0.2) is 61.4 Å². The predicted octanol–water partition coefficient (Wildman–Crippen LogP) is 7.05. The predicted molar refractivity (Wildman–Crippen MR) is 162 cm³/mol. The molecule has 2 heterocycles. The van der Waals surface area contributed by atoms with Crippen LogP contribution < -0.4 is 10.2 Å². The van der Waals surface area contributed by atoms with Crippen molar-refractivity contribution in [1.29, 1.82) is 0 Å². The fourth-order valence-electron chi connectivity index (χ4n) is 6.49. The zero-order valence-corrected chi connectivity index (χ0v) is 24.2. The number of halogens is 3. The molecule has 6 rings (SSSR count). The van der Waals surface area contributed by atoms with Gasteiger partial charge in [-0.1, -0.05) is 66.7 Å². The monoisotopic (exact) mass is 588 g/mol. The third kappa shape index (κ3) is 6.04. The quantitative estimate of drug-likeness (QED) is 0.224. The molecule has 0 atom stereocenters. The first-order valence-corrected chi connectivity index (χ1v) is 14.8. The van der Waals surface area contributed by atoms with Gasteiger partial charge in [-0.2, -0.15) is 13.2 Å². The molecule has 4 aromatic rings. The zero-order valence-electron chi connectivity index (χ0n) is 24.2. The van der Waals surface area contributed by atoms with Crippen molar-refractivity contribution in [2.75, 3.05) is 44.2 Å². The van der Waals surface area contributed by atoms with Crippen molar-refractivity contribution in [2.45, 2.75) is 38.0 Å². The van der Waals surface area contributed by atoms with E-state index in [1.807, 2.05) is 66.0 Å². The van der Waals surface area contributed by atoms with Gasteiger partial charge in [0.1, 0.15) is 12.4 Å². The van der Waals surface area contributed by atoms with Gasteiger partial charge in [0.05, 0.1) is 5.52 Å². The molecule has 1 saturated heterocycles. The highest BCUT2D eigenvalue weighted by atomic mass is 19.4. The normalized spacial score (nSPS) is 16.1. The van der Waals surface area contributed by atoms with Crippen molar-refractivity contribution in [2.24, 2.45) is 0 Å². The highest BCUT2D eigenvalue weighted by molar-refractivity contribution is 5.84. The number of amides is 1. The Morgan fingerprint density at radius 3 is 2.21 bits per heavy atom. The number of carbonyl (C=O) groups is 1. The second-order valence-corrected chi connectivity index (χ2v) is 11.4. The molecular weight excluding hydrogens is 553 g/mol. The molecular formula is C34H35F3N4O2. The molecule has 1 N–H and O–H groups in total. The lowest BCUT2D eigenvalue weighted by molar-refractivity contribution is -0.124. The molecule has 43 heavy (non-hydrogen) atoms. The van der Waals surface area contributed by atoms with Crippen LogP contribution in [0.25, 0.3) is 22.0 Å². The number of anilines is 1. The molecule has 6 nitrogen and oxygen atoms in total. The maximum atomic E-state index is 12.8. The van der Waals surface area contributed by atoms with Gasteiger partial charge < -0.3 is 15.0 Å². The number of rotatable bonds is 8. The number of pyridine rings is 1. The van der Waals surface area contributed by atoms with Crippen molar-refractivity contribution in [3.63, 3.8) is 0 Å². The largest absolute Gasteiger partial charge is 0.433 e. The Hall–Kier alpha value is -4.11. The fourth-order valence-corrected chi connectivity index (χ4v) is 6.49. The number of ether oxygens (including phenoxy) is 1. The van der Waals surface area contributed by atoms with Gasteiger partial charge in [-0.05, 0) is 61.6 Å². The summed E-state index contributed by atoms with van der Waals surface area (Å²) in [6.07, 6.45) is -3.52. The Kier molecular flexibility index (Phi) is 8.01. The van der Waals surface area contributed by atoms with Gasteiger partial charge in [0.25, 0.3) is 0 Å². The summed E-state index contributed by atoms with van der Waals surface area (Å²) in [5, 5.41) is 3.08. The summed E-state index contributed by atoms with van der Waals surface area (Å²) < 4.78 is 44.5. The van der Waals surface area contributed by atoms with E-state index >= 15 is 0 Å². The molecule has 0 bridgehead atoms. The van der Waals surface area contributed by atoms with E-state index in [0.29, 0.717) is 6.42 Å². The Morgan fingerprint density at radius 1 is 0.907 bits per heavy atom. The lowest BCUT2D eigenvalue weighted by Crippen LogP contribution is -2.47. The maximum Gasteiger partial charge on any atom is 0.408 e. The van der Waals surface area contributed by atoms with Gasteiger partial charge in [-0.3, -0.25) is 4.90 Å². The molecule has 1 amide bonds. The molecule has 1 aliphatic heterocycles. The number of para-hydroxylation sites is 1. The van der Waals surface area contributed by atoms with Crippen LogP contribution in [-0.2, 0) is 10.3 Å². The molecule has 1 aromatic heterocycles. The van der Waals surface area contributed by atoms with Crippen LogP contribution >= 0.6 is 0 Å². The number of aryl methyl sites for hydroxylation is 1. The third-order valence-corrected chi connectivity index (χ3v) is 8.57. The number of hydrogen-bond donors (Lipinski definition) is 1. The summed E-state index contributed by atoms with van der Waals surface area (Å²) in [5.74, 6) is 1.01. The van der Waals surface area contributed by atoms with Crippen LogP contribution in [0.3, 0.4) is 0 Å². The van der Waals surface area contributed by atoms with E-state index in [1.165, 1.54) is 10.9 Å². The summed E-state index contributed by atoms with van der Waals surface area (Å²) >= 11 is 0. The summed E-state index contributed by atoms with van der Waals surface area (Å²) in [6, 6.07) is 25.7. The summed E-state index contributed by atoms with van der Waals surface area (Å²) in [6.45, 7) is 5.18. The fraction of sp³-hybridized carbons (Fsp3) is 0.353. The average molecular weight is 589 g/mol. The lowest BCUT2D eigenvalue weighted by Gasteiger charge is -2.36. The van der Waals surface area contributed by atoms with Crippen molar-refractivity contribution < 1.29 is 22.7 Å². The van der Waals surface area contributed by atoms with Gasteiger partial charge in [-0.15, -0.1) is 0 Å². The number of nitrogens with zero attached hydrogens (tertiary/aromatic N) is 3. The average Bonchev–Trinajstić information content (AvgIpc) is 3.28. The Morgan fingerprint density at radius 2 is 1.53 bits per heavy atom. The number of alkyl halides is 3. The summed E-state index contributed by atoms with van der Waals surface area (Å²) in [4.78, 5) is 22.4. The molecule has 0 radical (unpaired) electrons.